The van der Waals surface area contributed by atoms with Gasteiger partial charge in [0.25, 0.3) is 0 Å². The standard InChI is InChI=1S/C22H31N3O3/c1-23-20(26)14-18-9-12-24(13-10-18)22(28)19-8-5-11-25(16-19)21(27)15-17-6-3-2-4-7-17/h2-4,6-7,18-19H,5,8-16H2,1H3,(H,23,26). The molecule has 1 unspecified atom stereocenters. The molecule has 6 nitrogen and oxygen atoms in total. The van der Waals surface area contributed by atoms with Gasteiger partial charge < -0.3 is 15.1 Å². The van der Waals surface area contributed by atoms with Crippen LogP contribution in [0.5, 0.6) is 0 Å². The molecule has 28 heavy (non-hydrogen) atoms. The molecule has 0 saturated carbocycles. The van der Waals surface area contributed by atoms with E-state index in [1.165, 1.54) is 0 Å². The van der Waals surface area contributed by atoms with Gasteiger partial charge in [0, 0.05) is 39.6 Å². The van der Waals surface area contributed by atoms with E-state index < -0.39 is 0 Å². The minimum Gasteiger partial charge on any atom is -0.359 e. The van der Waals surface area contributed by atoms with E-state index >= 15 is 0 Å². The Labute approximate surface area is 167 Å². The Bertz CT molecular complexity index is 684. The fourth-order valence-electron chi connectivity index (χ4n) is 4.27. The van der Waals surface area contributed by atoms with E-state index in [-0.39, 0.29) is 23.6 Å². The summed E-state index contributed by atoms with van der Waals surface area (Å²) in [4.78, 5) is 41.0. The summed E-state index contributed by atoms with van der Waals surface area (Å²) in [6, 6.07) is 9.76. The highest BCUT2D eigenvalue weighted by atomic mass is 16.2. The summed E-state index contributed by atoms with van der Waals surface area (Å²) < 4.78 is 0. The molecule has 1 aromatic rings. The van der Waals surface area contributed by atoms with Crippen LogP contribution in [0.25, 0.3) is 0 Å². The van der Waals surface area contributed by atoms with E-state index in [2.05, 4.69) is 5.32 Å². The van der Waals surface area contributed by atoms with Gasteiger partial charge in [0.2, 0.25) is 17.7 Å². The van der Waals surface area contributed by atoms with Gasteiger partial charge in [-0.2, -0.15) is 0 Å². The number of amides is 3. The van der Waals surface area contributed by atoms with Crippen LogP contribution in [0, 0.1) is 11.8 Å². The van der Waals surface area contributed by atoms with Crippen molar-refractivity contribution in [3.8, 4) is 0 Å². The first kappa shape index (κ1) is 20.4. The van der Waals surface area contributed by atoms with Gasteiger partial charge in [0.15, 0.2) is 0 Å². The summed E-state index contributed by atoms with van der Waals surface area (Å²) in [6.45, 7) is 2.70. The largest absolute Gasteiger partial charge is 0.359 e. The number of likely N-dealkylation sites (tertiary alicyclic amines) is 2. The molecule has 1 aromatic carbocycles. The second-order valence-corrected chi connectivity index (χ2v) is 7.99. The molecule has 152 valence electrons. The monoisotopic (exact) mass is 385 g/mol. The molecule has 2 aliphatic rings. The fraction of sp³-hybridized carbons (Fsp3) is 0.591. The quantitative estimate of drug-likeness (QED) is 0.841. The lowest BCUT2D eigenvalue weighted by molar-refractivity contribution is -0.141. The predicted octanol–water partition coefficient (Wildman–Crippen LogP) is 1.84. The van der Waals surface area contributed by atoms with Crippen molar-refractivity contribution in [1.29, 1.82) is 0 Å². The van der Waals surface area contributed by atoms with Crippen LogP contribution in [0.3, 0.4) is 0 Å². The van der Waals surface area contributed by atoms with Crippen LogP contribution in [0.1, 0.15) is 37.7 Å². The molecule has 0 aliphatic carbocycles. The third kappa shape index (κ3) is 5.33. The lowest BCUT2D eigenvalue weighted by Gasteiger charge is -2.37. The van der Waals surface area contributed by atoms with E-state index in [0.29, 0.717) is 25.3 Å². The highest BCUT2D eigenvalue weighted by Crippen LogP contribution is 2.25. The second kappa shape index (κ2) is 9.71. The third-order valence-corrected chi connectivity index (χ3v) is 6.00. The topological polar surface area (TPSA) is 69.7 Å². The SMILES string of the molecule is CNC(=O)CC1CCN(C(=O)C2CCCN(C(=O)Cc3ccccc3)C2)CC1. The molecular weight excluding hydrogens is 354 g/mol. The summed E-state index contributed by atoms with van der Waals surface area (Å²) in [5.74, 6) is 0.622. The zero-order valence-electron chi connectivity index (χ0n) is 16.7. The van der Waals surface area contributed by atoms with Gasteiger partial charge in [0.1, 0.15) is 0 Å². The van der Waals surface area contributed by atoms with Crippen molar-refractivity contribution in [2.75, 3.05) is 33.2 Å². The molecule has 3 amide bonds. The first-order valence-electron chi connectivity index (χ1n) is 10.4. The molecule has 0 radical (unpaired) electrons. The molecule has 3 rings (SSSR count). The van der Waals surface area contributed by atoms with Crippen molar-refractivity contribution in [3.63, 3.8) is 0 Å². The van der Waals surface area contributed by atoms with E-state index in [9.17, 15) is 14.4 Å². The molecule has 2 saturated heterocycles. The van der Waals surface area contributed by atoms with Crippen molar-refractivity contribution in [3.05, 3.63) is 35.9 Å². The minimum atomic E-state index is -0.0936. The third-order valence-electron chi connectivity index (χ3n) is 6.00. The van der Waals surface area contributed by atoms with Crippen LogP contribution in [0.15, 0.2) is 30.3 Å². The Morgan fingerprint density at radius 3 is 2.39 bits per heavy atom. The van der Waals surface area contributed by atoms with Crippen LogP contribution in [-0.4, -0.2) is 60.7 Å². The highest BCUT2D eigenvalue weighted by Gasteiger charge is 2.33. The van der Waals surface area contributed by atoms with Gasteiger partial charge in [-0.25, -0.2) is 0 Å². The molecule has 2 fully saturated rings. The van der Waals surface area contributed by atoms with Crippen molar-refractivity contribution < 1.29 is 14.4 Å². The summed E-state index contributed by atoms with van der Waals surface area (Å²) in [5.41, 5.74) is 1.01. The van der Waals surface area contributed by atoms with Crippen LogP contribution >= 0.6 is 0 Å². The first-order chi connectivity index (χ1) is 13.6. The number of rotatable bonds is 5. The Morgan fingerprint density at radius 1 is 1.00 bits per heavy atom. The number of nitrogens with one attached hydrogen (secondary N) is 1. The zero-order chi connectivity index (χ0) is 19.9. The molecule has 0 spiro atoms. The van der Waals surface area contributed by atoms with Crippen LogP contribution in [0.4, 0.5) is 0 Å². The zero-order valence-corrected chi connectivity index (χ0v) is 16.7. The molecule has 0 bridgehead atoms. The van der Waals surface area contributed by atoms with Gasteiger partial charge in [-0.1, -0.05) is 30.3 Å². The Hall–Kier alpha value is -2.37. The summed E-state index contributed by atoms with van der Waals surface area (Å²) in [5, 5.41) is 2.67. The number of benzene rings is 1. The first-order valence-corrected chi connectivity index (χ1v) is 10.4. The molecular formula is C22H31N3O3. The van der Waals surface area contributed by atoms with Crippen molar-refractivity contribution in [2.24, 2.45) is 11.8 Å². The Morgan fingerprint density at radius 2 is 1.71 bits per heavy atom. The van der Waals surface area contributed by atoms with E-state index in [0.717, 1.165) is 50.9 Å². The van der Waals surface area contributed by atoms with Gasteiger partial charge >= 0.3 is 0 Å². The number of hydrogen-bond acceptors (Lipinski definition) is 3. The Kier molecular flexibility index (Phi) is 7.06. The molecule has 2 aliphatic heterocycles. The van der Waals surface area contributed by atoms with Gasteiger partial charge in [-0.3, -0.25) is 14.4 Å². The number of carbonyl (C=O) groups excluding carboxylic acids is 3. The van der Waals surface area contributed by atoms with Gasteiger partial charge in [-0.15, -0.1) is 0 Å². The van der Waals surface area contributed by atoms with Crippen molar-refractivity contribution in [2.45, 2.75) is 38.5 Å². The maximum absolute atomic E-state index is 13.0. The average Bonchev–Trinajstić information content (AvgIpc) is 2.74. The van der Waals surface area contributed by atoms with Crippen LogP contribution < -0.4 is 5.32 Å². The molecule has 1 N–H and O–H groups in total. The van der Waals surface area contributed by atoms with E-state index in [1.54, 1.807) is 7.05 Å². The molecule has 0 aromatic heterocycles. The maximum atomic E-state index is 13.0. The lowest BCUT2D eigenvalue weighted by atomic mass is 9.90. The normalized spacial score (nSPS) is 20.7. The van der Waals surface area contributed by atoms with E-state index in [4.69, 9.17) is 0 Å². The summed E-state index contributed by atoms with van der Waals surface area (Å²) in [7, 11) is 1.66. The molecule has 1 atom stereocenters. The minimum absolute atomic E-state index is 0.0737. The van der Waals surface area contributed by atoms with E-state index in [1.807, 2.05) is 40.1 Å². The van der Waals surface area contributed by atoms with Gasteiger partial charge in [0.05, 0.1) is 12.3 Å². The van der Waals surface area contributed by atoms with Crippen LogP contribution in [-0.2, 0) is 20.8 Å². The number of nitrogens with zero attached hydrogens (tertiary/aromatic N) is 2. The molecule has 6 heteroatoms. The number of piperidine rings is 2. The summed E-state index contributed by atoms with van der Waals surface area (Å²) in [6.07, 6.45) is 4.43. The van der Waals surface area contributed by atoms with Gasteiger partial charge in [-0.05, 0) is 37.2 Å². The Balaban J connectivity index is 1.49. The highest BCUT2D eigenvalue weighted by molar-refractivity contribution is 5.82. The van der Waals surface area contributed by atoms with Crippen LogP contribution in [0.2, 0.25) is 0 Å². The maximum Gasteiger partial charge on any atom is 0.227 e. The van der Waals surface area contributed by atoms with Crippen molar-refractivity contribution in [1.82, 2.24) is 15.1 Å². The summed E-state index contributed by atoms with van der Waals surface area (Å²) >= 11 is 0. The molecule has 2 heterocycles. The smallest absolute Gasteiger partial charge is 0.227 e. The fourth-order valence-corrected chi connectivity index (χ4v) is 4.27. The van der Waals surface area contributed by atoms with Crippen molar-refractivity contribution >= 4 is 17.7 Å². The lowest BCUT2D eigenvalue weighted by Crippen LogP contribution is -2.49. The number of hydrogen-bond donors (Lipinski definition) is 1. The number of carbonyl (C=O) groups is 3. The second-order valence-electron chi connectivity index (χ2n) is 7.99. The average molecular weight is 386 g/mol. The predicted molar refractivity (Wildman–Crippen MR) is 107 cm³/mol.